The van der Waals surface area contributed by atoms with Gasteiger partial charge in [-0.05, 0) is 66.3 Å². The number of nitrogens with one attached hydrogen (secondary N) is 1. The van der Waals surface area contributed by atoms with E-state index < -0.39 is 11.9 Å². The van der Waals surface area contributed by atoms with Gasteiger partial charge in [0.05, 0.1) is 0 Å². The fourth-order valence-electron chi connectivity index (χ4n) is 2.43. The maximum Gasteiger partial charge on any atom is 0.251 e. The molecular formula is C18H19IN2O2. The maximum atomic E-state index is 12.4. The lowest BCUT2D eigenvalue weighted by Crippen LogP contribution is -2.45. The minimum atomic E-state index is -0.733. The van der Waals surface area contributed by atoms with Crippen molar-refractivity contribution in [3.8, 4) is 0 Å². The Labute approximate surface area is 149 Å². The fraction of sp³-hybridized carbons (Fsp3) is 0.222. The average molecular weight is 422 g/mol. The summed E-state index contributed by atoms with van der Waals surface area (Å²) in [6, 6.07) is 12.6. The van der Waals surface area contributed by atoms with E-state index in [2.05, 4.69) is 27.9 Å². The van der Waals surface area contributed by atoms with Crippen LogP contribution in [0.2, 0.25) is 0 Å². The number of benzene rings is 2. The number of hydrogen-bond donors (Lipinski definition) is 2. The van der Waals surface area contributed by atoms with Gasteiger partial charge in [0, 0.05) is 15.6 Å². The van der Waals surface area contributed by atoms with Crippen LogP contribution < -0.4 is 11.1 Å². The van der Waals surface area contributed by atoms with Gasteiger partial charge in [-0.2, -0.15) is 0 Å². The van der Waals surface area contributed by atoms with Gasteiger partial charge < -0.3 is 11.1 Å². The second-order valence-electron chi connectivity index (χ2n) is 5.64. The van der Waals surface area contributed by atoms with Crippen LogP contribution in [0.25, 0.3) is 0 Å². The first-order chi connectivity index (χ1) is 10.8. The molecule has 0 unspecified atom stereocenters. The quantitative estimate of drug-likeness (QED) is 0.728. The number of hydrogen-bond acceptors (Lipinski definition) is 2. The summed E-state index contributed by atoms with van der Waals surface area (Å²) in [5, 5.41) is 2.73. The highest BCUT2D eigenvalue weighted by atomic mass is 127. The first-order valence-corrected chi connectivity index (χ1v) is 8.36. The van der Waals surface area contributed by atoms with Crippen molar-refractivity contribution in [2.75, 3.05) is 0 Å². The lowest BCUT2D eigenvalue weighted by Gasteiger charge is -2.16. The Kier molecular flexibility index (Phi) is 5.76. The van der Waals surface area contributed by atoms with Crippen molar-refractivity contribution in [2.45, 2.75) is 26.3 Å². The van der Waals surface area contributed by atoms with Gasteiger partial charge in [-0.15, -0.1) is 0 Å². The van der Waals surface area contributed by atoms with Crippen molar-refractivity contribution >= 4 is 34.4 Å². The molecule has 4 nitrogen and oxygen atoms in total. The molecule has 5 heteroatoms. The van der Waals surface area contributed by atoms with E-state index in [4.69, 9.17) is 5.73 Å². The molecule has 2 amide bonds. The molecule has 0 fully saturated rings. The van der Waals surface area contributed by atoms with Crippen LogP contribution in [0, 0.1) is 17.4 Å². The molecule has 120 valence electrons. The molecule has 0 aliphatic rings. The highest BCUT2D eigenvalue weighted by Gasteiger charge is 2.19. The molecule has 0 saturated heterocycles. The normalized spacial score (nSPS) is 11.8. The zero-order chi connectivity index (χ0) is 17.0. The summed E-state index contributed by atoms with van der Waals surface area (Å²) in [5.74, 6) is -0.826. The van der Waals surface area contributed by atoms with Crippen molar-refractivity contribution in [1.29, 1.82) is 0 Å². The Bertz CT molecular complexity index is 706. The van der Waals surface area contributed by atoms with Crippen molar-refractivity contribution in [3.63, 3.8) is 0 Å². The molecule has 0 aromatic heterocycles. The third-order valence-corrected chi connectivity index (χ3v) is 4.20. The third-order valence-electron chi connectivity index (χ3n) is 3.49. The summed E-state index contributed by atoms with van der Waals surface area (Å²) in [7, 11) is 0. The molecule has 23 heavy (non-hydrogen) atoms. The lowest BCUT2D eigenvalue weighted by molar-refractivity contribution is -0.119. The van der Waals surface area contributed by atoms with Crippen molar-refractivity contribution in [1.82, 2.24) is 5.32 Å². The molecule has 0 radical (unpaired) electrons. The molecule has 3 N–H and O–H groups in total. The zero-order valence-electron chi connectivity index (χ0n) is 13.1. The van der Waals surface area contributed by atoms with Crippen LogP contribution in [0.3, 0.4) is 0 Å². The van der Waals surface area contributed by atoms with Gasteiger partial charge in [-0.3, -0.25) is 9.59 Å². The van der Waals surface area contributed by atoms with Crippen LogP contribution in [0.5, 0.6) is 0 Å². The van der Waals surface area contributed by atoms with Crippen molar-refractivity contribution in [3.05, 3.63) is 68.3 Å². The maximum absolute atomic E-state index is 12.4. The minimum Gasteiger partial charge on any atom is -0.368 e. The predicted molar refractivity (Wildman–Crippen MR) is 99.2 cm³/mol. The van der Waals surface area contributed by atoms with Crippen LogP contribution in [0.4, 0.5) is 0 Å². The van der Waals surface area contributed by atoms with Crippen molar-refractivity contribution < 1.29 is 9.59 Å². The van der Waals surface area contributed by atoms with Crippen LogP contribution >= 0.6 is 22.6 Å². The molecule has 0 bridgehead atoms. The summed E-state index contributed by atoms with van der Waals surface area (Å²) in [6.07, 6.45) is 0.378. The van der Waals surface area contributed by atoms with Crippen LogP contribution in [0.15, 0.2) is 42.5 Å². The number of amides is 2. The standard InChI is InChI=1S/C18H19IN2O2/c1-11-7-12(2)9-14(8-11)18(23)21-16(17(20)22)10-13-3-5-15(19)6-4-13/h3-9,16H,10H2,1-2H3,(H2,20,22)(H,21,23)/t16-/m1/s1. The zero-order valence-corrected chi connectivity index (χ0v) is 15.3. The number of rotatable bonds is 5. The smallest absolute Gasteiger partial charge is 0.251 e. The van der Waals surface area contributed by atoms with E-state index in [0.29, 0.717) is 12.0 Å². The molecule has 2 aromatic rings. The lowest BCUT2D eigenvalue weighted by atomic mass is 10.0. The number of halogens is 1. The predicted octanol–water partition coefficient (Wildman–Crippen LogP) is 2.73. The van der Waals surface area contributed by atoms with E-state index in [1.165, 1.54) is 0 Å². The fourth-order valence-corrected chi connectivity index (χ4v) is 2.79. The Balaban J connectivity index is 2.14. The van der Waals surface area contributed by atoms with E-state index >= 15 is 0 Å². The average Bonchev–Trinajstić information content (AvgIpc) is 2.47. The Morgan fingerprint density at radius 1 is 1.09 bits per heavy atom. The Morgan fingerprint density at radius 3 is 2.17 bits per heavy atom. The molecule has 2 aromatic carbocycles. The van der Waals surface area contributed by atoms with Gasteiger partial charge in [-0.1, -0.05) is 29.3 Å². The molecule has 0 heterocycles. The van der Waals surface area contributed by atoms with Gasteiger partial charge in [-0.25, -0.2) is 0 Å². The third kappa shape index (κ3) is 5.06. The molecular weight excluding hydrogens is 403 g/mol. The molecule has 0 aliphatic heterocycles. The molecule has 1 atom stereocenters. The first kappa shape index (κ1) is 17.5. The second kappa shape index (κ2) is 7.59. The second-order valence-corrected chi connectivity index (χ2v) is 6.88. The van der Waals surface area contributed by atoms with E-state index in [1.807, 2.05) is 44.2 Å². The van der Waals surface area contributed by atoms with Crippen LogP contribution in [-0.2, 0) is 11.2 Å². The number of carbonyl (C=O) groups is 2. The van der Waals surface area contributed by atoms with E-state index in [9.17, 15) is 9.59 Å². The Hall–Kier alpha value is -1.89. The summed E-state index contributed by atoms with van der Waals surface area (Å²) in [5.41, 5.74) is 8.94. The minimum absolute atomic E-state index is 0.286. The van der Waals surface area contributed by atoms with Crippen LogP contribution in [0.1, 0.15) is 27.0 Å². The van der Waals surface area contributed by atoms with E-state index in [0.717, 1.165) is 20.3 Å². The highest BCUT2D eigenvalue weighted by molar-refractivity contribution is 14.1. The number of primary amides is 1. The van der Waals surface area contributed by atoms with Gasteiger partial charge in [0.1, 0.15) is 6.04 Å². The topological polar surface area (TPSA) is 72.2 Å². The van der Waals surface area contributed by atoms with Gasteiger partial charge in [0.15, 0.2) is 0 Å². The van der Waals surface area contributed by atoms with E-state index in [1.54, 1.807) is 12.1 Å². The van der Waals surface area contributed by atoms with Gasteiger partial charge >= 0.3 is 0 Å². The van der Waals surface area contributed by atoms with Gasteiger partial charge in [0.25, 0.3) is 5.91 Å². The summed E-state index contributed by atoms with van der Waals surface area (Å²) in [4.78, 5) is 24.1. The first-order valence-electron chi connectivity index (χ1n) is 7.28. The van der Waals surface area contributed by atoms with Crippen molar-refractivity contribution in [2.24, 2.45) is 5.73 Å². The largest absolute Gasteiger partial charge is 0.368 e. The monoisotopic (exact) mass is 422 g/mol. The SMILES string of the molecule is Cc1cc(C)cc(C(=O)N[C@H](Cc2ccc(I)cc2)C(N)=O)c1. The van der Waals surface area contributed by atoms with Crippen LogP contribution in [-0.4, -0.2) is 17.9 Å². The Morgan fingerprint density at radius 2 is 1.65 bits per heavy atom. The van der Waals surface area contributed by atoms with E-state index in [-0.39, 0.29) is 5.91 Å². The van der Waals surface area contributed by atoms with Gasteiger partial charge in [0.2, 0.25) is 5.91 Å². The highest BCUT2D eigenvalue weighted by Crippen LogP contribution is 2.11. The summed E-state index contributed by atoms with van der Waals surface area (Å²) in [6.45, 7) is 3.86. The molecule has 2 rings (SSSR count). The molecule has 0 aliphatic carbocycles. The summed E-state index contributed by atoms with van der Waals surface area (Å²) >= 11 is 2.22. The number of carbonyl (C=O) groups excluding carboxylic acids is 2. The summed E-state index contributed by atoms with van der Waals surface area (Å²) < 4.78 is 1.11. The number of aryl methyl sites for hydroxylation is 2. The molecule has 0 saturated carbocycles. The number of nitrogens with two attached hydrogens (primary N) is 1. The molecule has 0 spiro atoms.